The minimum atomic E-state index is -0.124. The molecule has 5 heteroatoms. The number of hydrogen-bond acceptors (Lipinski definition) is 3. The molecular formula is C32H17NO3Se. The van der Waals surface area contributed by atoms with Crippen molar-refractivity contribution in [3.8, 4) is 5.69 Å². The Morgan fingerprint density at radius 2 is 1.14 bits per heavy atom. The zero-order valence-corrected chi connectivity index (χ0v) is 21.1. The first-order valence-electron chi connectivity index (χ1n) is 12.0. The van der Waals surface area contributed by atoms with Gasteiger partial charge in [-0.05, 0) is 0 Å². The number of benzene rings is 5. The van der Waals surface area contributed by atoms with E-state index in [9.17, 15) is 9.59 Å². The first-order chi connectivity index (χ1) is 18.2. The molecule has 0 bridgehead atoms. The zero-order valence-electron chi connectivity index (χ0n) is 19.4. The number of rotatable bonds is 1. The Balaban J connectivity index is 1.45. The molecule has 8 rings (SSSR count). The SMILES string of the molecule is O=c1c2cc(-n3c4ccccc4c4ccccc43)ccc2oc2cc3[se]c4ccccc4c(=O)c3cc12. The third-order valence-corrected chi connectivity index (χ3v) is 9.57. The van der Waals surface area contributed by atoms with Gasteiger partial charge in [-0.3, -0.25) is 0 Å². The van der Waals surface area contributed by atoms with Crippen LogP contribution < -0.4 is 10.9 Å². The van der Waals surface area contributed by atoms with Crippen molar-refractivity contribution in [2.24, 2.45) is 0 Å². The predicted molar refractivity (Wildman–Crippen MR) is 153 cm³/mol. The fraction of sp³-hybridized carbons (Fsp3) is 0. The number of aromatic nitrogens is 1. The molecule has 0 radical (unpaired) electrons. The van der Waals surface area contributed by atoms with Crippen molar-refractivity contribution in [2.45, 2.75) is 0 Å². The summed E-state index contributed by atoms with van der Waals surface area (Å²) >= 11 is -0.0258. The van der Waals surface area contributed by atoms with Crippen LogP contribution in [0.25, 0.3) is 68.7 Å². The Morgan fingerprint density at radius 1 is 0.514 bits per heavy atom. The molecular weight excluding hydrogens is 525 g/mol. The van der Waals surface area contributed by atoms with Crippen LogP contribution in [0.5, 0.6) is 0 Å². The van der Waals surface area contributed by atoms with Crippen molar-refractivity contribution in [3.05, 3.63) is 124 Å². The molecule has 0 aliphatic heterocycles. The summed E-state index contributed by atoms with van der Waals surface area (Å²) in [5.74, 6) is 0. The predicted octanol–water partition coefficient (Wildman–Crippen LogP) is 6.77. The maximum atomic E-state index is 13.8. The van der Waals surface area contributed by atoms with Crippen molar-refractivity contribution >= 4 is 77.5 Å². The van der Waals surface area contributed by atoms with Crippen LogP contribution in [0.2, 0.25) is 0 Å². The van der Waals surface area contributed by atoms with Crippen LogP contribution in [0.4, 0.5) is 0 Å². The van der Waals surface area contributed by atoms with Crippen molar-refractivity contribution in [1.82, 2.24) is 4.57 Å². The molecule has 0 amide bonds. The maximum absolute atomic E-state index is 13.8. The standard InChI is InChI=1S/C32H17NO3Se/c34-31-21-9-3-6-12-29(21)37-30-17-28-23(16-24(30)31)32(35)22-15-18(13-14-27(22)36-28)33-25-10-4-1-7-19(25)20-8-2-5-11-26(20)33/h1-17H. The van der Waals surface area contributed by atoms with Gasteiger partial charge in [0.1, 0.15) is 0 Å². The number of fused-ring (bicyclic) bond motifs is 7. The Morgan fingerprint density at radius 3 is 1.89 bits per heavy atom. The molecule has 4 nitrogen and oxygen atoms in total. The van der Waals surface area contributed by atoms with E-state index < -0.39 is 0 Å². The van der Waals surface area contributed by atoms with Gasteiger partial charge in [-0.25, -0.2) is 0 Å². The second-order valence-corrected chi connectivity index (χ2v) is 11.5. The van der Waals surface area contributed by atoms with E-state index in [-0.39, 0.29) is 25.4 Å². The van der Waals surface area contributed by atoms with E-state index >= 15 is 0 Å². The van der Waals surface area contributed by atoms with Crippen LogP contribution in [0.1, 0.15) is 0 Å². The molecule has 0 saturated heterocycles. The summed E-state index contributed by atoms with van der Waals surface area (Å²) in [7, 11) is 0. The molecule has 174 valence electrons. The summed E-state index contributed by atoms with van der Waals surface area (Å²) in [6.45, 7) is 0. The molecule has 0 atom stereocenters. The van der Waals surface area contributed by atoms with E-state index in [1.165, 1.54) is 0 Å². The summed E-state index contributed by atoms with van der Waals surface area (Å²) in [5.41, 5.74) is 3.96. The van der Waals surface area contributed by atoms with Gasteiger partial charge in [0, 0.05) is 0 Å². The summed E-state index contributed by atoms with van der Waals surface area (Å²) in [4.78, 5) is 27.1. The van der Waals surface area contributed by atoms with Crippen LogP contribution in [0.3, 0.4) is 0 Å². The van der Waals surface area contributed by atoms with Crippen LogP contribution in [-0.2, 0) is 0 Å². The van der Waals surface area contributed by atoms with Gasteiger partial charge in [-0.15, -0.1) is 0 Å². The molecule has 3 heterocycles. The van der Waals surface area contributed by atoms with Crippen LogP contribution in [0.15, 0.2) is 117 Å². The monoisotopic (exact) mass is 543 g/mol. The number of para-hydroxylation sites is 2. The fourth-order valence-electron chi connectivity index (χ4n) is 5.48. The molecule has 0 aliphatic rings. The fourth-order valence-corrected chi connectivity index (χ4v) is 7.75. The van der Waals surface area contributed by atoms with Gasteiger partial charge < -0.3 is 0 Å². The van der Waals surface area contributed by atoms with Gasteiger partial charge in [0.25, 0.3) is 0 Å². The van der Waals surface area contributed by atoms with E-state index in [2.05, 4.69) is 28.8 Å². The third kappa shape index (κ3) is 2.90. The Bertz CT molecular complexity index is 2300. The molecule has 5 aromatic carbocycles. The second kappa shape index (κ2) is 7.53. The van der Waals surface area contributed by atoms with E-state index in [1.807, 2.05) is 72.8 Å². The molecule has 0 fully saturated rings. The minimum absolute atomic E-state index is 0.0258. The van der Waals surface area contributed by atoms with E-state index in [0.717, 1.165) is 41.4 Å². The van der Waals surface area contributed by atoms with Crippen molar-refractivity contribution in [3.63, 3.8) is 0 Å². The van der Waals surface area contributed by atoms with Gasteiger partial charge in [-0.1, -0.05) is 12.1 Å². The average Bonchev–Trinajstić information content (AvgIpc) is 3.27. The number of nitrogens with zero attached hydrogens (tertiary/aromatic N) is 1. The Labute approximate surface area is 215 Å². The molecule has 0 aliphatic carbocycles. The van der Waals surface area contributed by atoms with Crippen LogP contribution >= 0.6 is 0 Å². The molecule has 37 heavy (non-hydrogen) atoms. The third-order valence-electron chi connectivity index (χ3n) is 7.19. The van der Waals surface area contributed by atoms with Crippen molar-refractivity contribution < 1.29 is 4.42 Å². The van der Waals surface area contributed by atoms with Gasteiger partial charge >= 0.3 is 204 Å². The Kier molecular flexibility index (Phi) is 4.22. The molecule has 0 saturated carbocycles. The first kappa shape index (κ1) is 20.7. The quantitative estimate of drug-likeness (QED) is 0.170. The first-order valence-corrected chi connectivity index (χ1v) is 13.7. The van der Waals surface area contributed by atoms with Gasteiger partial charge in [0.2, 0.25) is 0 Å². The molecule has 8 aromatic rings. The molecule has 0 unspecified atom stereocenters. The summed E-state index contributed by atoms with van der Waals surface area (Å²) in [6, 6.07) is 33.7. The second-order valence-electron chi connectivity index (χ2n) is 9.25. The van der Waals surface area contributed by atoms with Crippen LogP contribution in [-0.4, -0.2) is 19.1 Å². The van der Waals surface area contributed by atoms with Crippen LogP contribution in [0, 0.1) is 0 Å². The summed E-state index contributed by atoms with van der Waals surface area (Å²) in [5, 5.41) is 4.60. The molecule has 0 spiro atoms. The zero-order chi connectivity index (χ0) is 24.7. The van der Waals surface area contributed by atoms with Crippen molar-refractivity contribution in [1.29, 1.82) is 0 Å². The summed E-state index contributed by atoms with van der Waals surface area (Å²) in [6.07, 6.45) is 0. The normalized spacial score (nSPS) is 12.0. The van der Waals surface area contributed by atoms with Crippen molar-refractivity contribution in [2.75, 3.05) is 0 Å². The van der Waals surface area contributed by atoms with E-state index in [4.69, 9.17) is 4.42 Å². The van der Waals surface area contributed by atoms with E-state index in [0.29, 0.717) is 27.3 Å². The van der Waals surface area contributed by atoms with Gasteiger partial charge in [0.05, 0.1) is 0 Å². The van der Waals surface area contributed by atoms with Gasteiger partial charge in [0.15, 0.2) is 0 Å². The molecule has 3 aromatic heterocycles. The summed E-state index contributed by atoms with van der Waals surface area (Å²) < 4.78 is 10.5. The Hall–Kier alpha value is -4.44. The topological polar surface area (TPSA) is 52.2 Å². The van der Waals surface area contributed by atoms with Gasteiger partial charge in [-0.2, -0.15) is 0 Å². The average molecular weight is 542 g/mol. The molecule has 0 N–H and O–H groups in total. The number of hydrogen-bond donors (Lipinski definition) is 0. The van der Waals surface area contributed by atoms with E-state index in [1.54, 1.807) is 6.07 Å².